The van der Waals surface area contributed by atoms with E-state index in [2.05, 4.69) is 0 Å². The zero-order valence-corrected chi connectivity index (χ0v) is 14.8. The normalized spacial score (nSPS) is 21.5. The largest absolute Gasteiger partial charge is 0.497 e. The molecule has 26 heavy (non-hydrogen) atoms. The number of rotatable bonds is 3. The Bertz CT molecular complexity index is 898. The molecule has 2 aliphatic rings. The summed E-state index contributed by atoms with van der Waals surface area (Å²) in [6, 6.07) is 13.1. The number of nitrogens with zero attached hydrogens (tertiary/aromatic N) is 2. The molecule has 1 fully saturated rings. The van der Waals surface area contributed by atoms with Crippen LogP contribution in [-0.4, -0.2) is 35.6 Å². The van der Waals surface area contributed by atoms with Crippen molar-refractivity contribution in [2.24, 2.45) is 5.92 Å². The Morgan fingerprint density at radius 1 is 1.12 bits per heavy atom. The molecule has 0 N–H and O–H groups in total. The van der Waals surface area contributed by atoms with Crippen LogP contribution in [-0.2, 0) is 11.3 Å². The van der Waals surface area contributed by atoms with E-state index in [0.717, 1.165) is 23.4 Å². The zero-order valence-electron chi connectivity index (χ0n) is 14.8. The molecule has 1 saturated heterocycles. The summed E-state index contributed by atoms with van der Waals surface area (Å²) < 4.78 is 7.03. The number of piperidine rings is 1. The molecular weight excluding hydrogens is 328 g/mol. The van der Waals surface area contributed by atoms with Crippen LogP contribution in [0.4, 0.5) is 0 Å². The molecule has 134 valence electrons. The van der Waals surface area contributed by atoms with E-state index in [-0.39, 0.29) is 17.4 Å². The van der Waals surface area contributed by atoms with Crippen LogP contribution in [0.5, 0.6) is 5.75 Å². The van der Waals surface area contributed by atoms with Crippen molar-refractivity contribution in [2.45, 2.75) is 18.9 Å². The third-order valence-corrected chi connectivity index (χ3v) is 5.33. The number of likely N-dealkylation sites (tertiary alicyclic amines) is 1. The van der Waals surface area contributed by atoms with E-state index in [0.29, 0.717) is 25.6 Å². The molecule has 1 aromatic carbocycles. The minimum absolute atomic E-state index is 0.0299. The third kappa shape index (κ3) is 3.17. The van der Waals surface area contributed by atoms with Crippen LogP contribution < -0.4 is 10.3 Å². The van der Waals surface area contributed by atoms with E-state index >= 15 is 0 Å². The Hall–Kier alpha value is -2.82. The van der Waals surface area contributed by atoms with Gasteiger partial charge >= 0.3 is 0 Å². The summed E-state index contributed by atoms with van der Waals surface area (Å²) >= 11 is 0. The Morgan fingerprint density at radius 2 is 1.92 bits per heavy atom. The number of aromatic nitrogens is 1. The number of hydrogen-bond donors (Lipinski definition) is 0. The second kappa shape index (κ2) is 6.83. The molecule has 0 spiro atoms. The number of ether oxygens (including phenoxy) is 1. The van der Waals surface area contributed by atoms with Crippen molar-refractivity contribution in [3.8, 4) is 5.75 Å². The molecule has 1 amide bonds. The molecule has 0 aliphatic carbocycles. The molecule has 0 saturated carbocycles. The second-order valence-electron chi connectivity index (χ2n) is 7.05. The summed E-state index contributed by atoms with van der Waals surface area (Å²) in [7, 11) is 1.63. The predicted molar refractivity (Wildman–Crippen MR) is 100 cm³/mol. The van der Waals surface area contributed by atoms with E-state index in [1.54, 1.807) is 19.3 Å². The fraction of sp³-hybridized carbons (Fsp3) is 0.333. The first-order chi connectivity index (χ1) is 12.6. The van der Waals surface area contributed by atoms with Gasteiger partial charge in [-0.1, -0.05) is 18.2 Å². The molecule has 0 radical (unpaired) electrons. The van der Waals surface area contributed by atoms with E-state index < -0.39 is 0 Å². The smallest absolute Gasteiger partial charge is 0.250 e. The SMILES string of the molecule is COc1ccc(C=CC(=O)N2C[C@H]3C[C@H](C2)c2cccc(=O)n2C3)cc1. The lowest BCUT2D eigenvalue weighted by Crippen LogP contribution is -2.48. The number of carbonyl (C=O) groups is 1. The molecule has 3 heterocycles. The minimum Gasteiger partial charge on any atom is -0.497 e. The van der Waals surface area contributed by atoms with Crippen LogP contribution >= 0.6 is 0 Å². The van der Waals surface area contributed by atoms with Gasteiger partial charge < -0.3 is 14.2 Å². The van der Waals surface area contributed by atoms with Gasteiger partial charge in [-0.05, 0) is 42.2 Å². The lowest BCUT2D eigenvalue weighted by atomic mass is 9.83. The highest BCUT2D eigenvalue weighted by Gasteiger charge is 2.35. The summed E-state index contributed by atoms with van der Waals surface area (Å²) in [5, 5.41) is 0. The van der Waals surface area contributed by atoms with E-state index in [1.165, 1.54) is 0 Å². The number of pyridine rings is 1. The van der Waals surface area contributed by atoms with Crippen LogP contribution in [0, 0.1) is 5.92 Å². The lowest BCUT2D eigenvalue weighted by molar-refractivity contribution is -0.128. The molecule has 4 rings (SSSR count). The molecule has 2 bridgehead atoms. The summed E-state index contributed by atoms with van der Waals surface area (Å²) in [5.41, 5.74) is 2.09. The van der Waals surface area contributed by atoms with Crippen molar-refractivity contribution >= 4 is 12.0 Å². The van der Waals surface area contributed by atoms with Gasteiger partial charge in [0.05, 0.1) is 7.11 Å². The van der Waals surface area contributed by atoms with E-state index in [4.69, 9.17) is 4.74 Å². The van der Waals surface area contributed by atoms with Crippen molar-refractivity contribution in [2.75, 3.05) is 20.2 Å². The van der Waals surface area contributed by atoms with Crippen molar-refractivity contribution in [1.29, 1.82) is 0 Å². The molecule has 2 aliphatic heterocycles. The van der Waals surface area contributed by atoms with Gasteiger partial charge in [-0.15, -0.1) is 0 Å². The van der Waals surface area contributed by atoms with Gasteiger partial charge in [0.1, 0.15) is 5.75 Å². The first-order valence-corrected chi connectivity index (χ1v) is 8.95. The number of fused-ring (bicyclic) bond motifs is 4. The van der Waals surface area contributed by atoms with Gasteiger partial charge in [0, 0.05) is 43.4 Å². The number of carbonyl (C=O) groups excluding carboxylic acids is 1. The Balaban J connectivity index is 1.48. The number of methoxy groups -OCH3 is 1. The fourth-order valence-electron chi connectivity index (χ4n) is 4.06. The lowest BCUT2D eigenvalue weighted by Gasteiger charge is -2.42. The van der Waals surface area contributed by atoms with Crippen molar-refractivity contribution < 1.29 is 9.53 Å². The molecule has 1 aromatic heterocycles. The maximum Gasteiger partial charge on any atom is 0.250 e. The van der Waals surface area contributed by atoms with Crippen LogP contribution in [0.25, 0.3) is 6.08 Å². The molecule has 5 heteroatoms. The molecule has 0 unspecified atom stereocenters. The second-order valence-corrected chi connectivity index (χ2v) is 7.05. The highest BCUT2D eigenvalue weighted by atomic mass is 16.5. The quantitative estimate of drug-likeness (QED) is 0.800. The predicted octanol–water partition coefficient (Wildman–Crippen LogP) is 2.52. The highest BCUT2D eigenvalue weighted by Crippen LogP contribution is 2.35. The van der Waals surface area contributed by atoms with Crippen molar-refractivity contribution in [3.63, 3.8) is 0 Å². The van der Waals surface area contributed by atoms with Gasteiger partial charge in [0.15, 0.2) is 0 Å². The van der Waals surface area contributed by atoms with Crippen LogP contribution in [0.1, 0.15) is 23.6 Å². The van der Waals surface area contributed by atoms with Gasteiger partial charge in [-0.2, -0.15) is 0 Å². The summed E-state index contributed by atoms with van der Waals surface area (Å²) in [4.78, 5) is 26.6. The number of hydrogen-bond acceptors (Lipinski definition) is 3. The average Bonchev–Trinajstić information content (AvgIpc) is 2.67. The van der Waals surface area contributed by atoms with Gasteiger partial charge in [0.2, 0.25) is 5.91 Å². The topological polar surface area (TPSA) is 51.5 Å². The fourth-order valence-corrected chi connectivity index (χ4v) is 4.06. The monoisotopic (exact) mass is 350 g/mol. The Kier molecular flexibility index (Phi) is 4.37. The first-order valence-electron chi connectivity index (χ1n) is 8.95. The van der Waals surface area contributed by atoms with Crippen molar-refractivity contribution in [1.82, 2.24) is 9.47 Å². The van der Waals surface area contributed by atoms with Crippen LogP contribution in [0.3, 0.4) is 0 Å². The number of benzene rings is 1. The van der Waals surface area contributed by atoms with E-state index in [1.807, 2.05) is 51.9 Å². The molecule has 5 nitrogen and oxygen atoms in total. The molecular formula is C21H22N2O3. The maximum atomic E-state index is 12.7. The van der Waals surface area contributed by atoms with Crippen LogP contribution in [0.15, 0.2) is 53.3 Å². The minimum atomic E-state index is 0.0299. The number of amides is 1. The van der Waals surface area contributed by atoms with Crippen LogP contribution in [0.2, 0.25) is 0 Å². The molecule has 2 aromatic rings. The Labute approximate surface area is 152 Å². The first kappa shape index (κ1) is 16.6. The standard InChI is InChI=1S/C21H22N2O3/c1-26-18-8-5-15(6-9-18)7-10-20(24)22-12-16-11-17(14-22)19-3-2-4-21(25)23(19)13-16/h2-10,16-17H,11-14H2,1H3/t16-,17-/m1/s1. The zero-order chi connectivity index (χ0) is 18.1. The molecule has 2 atom stereocenters. The summed E-state index contributed by atoms with van der Waals surface area (Å²) in [6.45, 7) is 2.09. The summed E-state index contributed by atoms with van der Waals surface area (Å²) in [5.74, 6) is 1.42. The van der Waals surface area contributed by atoms with Gasteiger partial charge in [0.25, 0.3) is 5.56 Å². The maximum absolute atomic E-state index is 12.7. The van der Waals surface area contributed by atoms with Crippen molar-refractivity contribution in [3.05, 3.63) is 70.2 Å². The summed E-state index contributed by atoms with van der Waals surface area (Å²) in [6.07, 6.45) is 4.53. The average molecular weight is 350 g/mol. The Morgan fingerprint density at radius 3 is 2.69 bits per heavy atom. The van der Waals surface area contributed by atoms with Gasteiger partial charge in [-0.25, -0.2) is 0 Å². The van der Waals surface area contributed by atoms with E-state index in [9.17, 15) is 9.59 Å². The van der Waals surface area contributed by atoms with Gasteiger partial charge in [-0.3, -0.25) is 9.59 Å². The third-order valence-electron chi connectivity index (χ3n) is 5.33. The highest BCUT2D eigenvalue weighted by molar-refractivity contribution is 5.92.